The molecule has 0 aromatic carbocycles. The highest BCUT2D eigenvalue weighted by Gasteiger charge is 2.44. The Bertz CT molecular complexity index is 981. The van der Waals surface area contributed by atoms with Gasteiger partial charge < -0.3 is 40.3 Å². The van der Waals surface area contributed by atoms with Crippen LogP contribution in [0.2, 0.25) is 0 Å². The van der Waals surface area contributed by atoms with Crippen LogP contribution < -0.4 is 5.32 Å². The Hall–Kier alpha value is -1.07. The van der Waals surface area contributed by atoms with Gasteiger partial charge in [0.2, 0.25) is 5.91 Å². The van der Waals surface area contributed by atoms with Crippen molar-refractivity contribution in [2.75, 3.05) is 13.2 Å². The molecule has 1 rings (SSSR count). The summed E-state index contributed by atoms with van der Waals surface area (Å²) in [5, 5.41) is 54.4. The molecule has 1 heterocycles. The van der Waals surface area contributed by atoms with Crippen LogP contribution in [0.5, 0.6) is 0 Å². The van der Waals surface area contributed by atoms with E-state index in [0.29, 0.717) is 12.8 Å². The predicted octanol–water partition coefficient (Wildman–Crippen LogP) is 12.5. The molecular formula is C53H103NO8. The largest absolute Gasteiger partial charge is 0.394 e. The van der Waals surface area contributed by atoms with E-state index in [1.54, 1.807) is 0 Å². The molecule has 9 nitrogen and oxygen atoms in total. The summed E-state index contributed by atoms with van der Waals surface area (Å²) in [6.45, 7) is 3.81. The number of unbranched alkanes of at least 4 members (excludes halogenated alkanes) is 34. The van der Waals surface area contributed by atoms with Crippen molar-refractivity contribution in [2.45, 2.75) is 307 Å². The number of aliphatic hydroxyl groups excluding tert-OH is 5. The molecule has 0 spiro atoms. The highest BCUT2D eigenvalue weighted by atomic mass is 16.7. The van der Waals surface area contributed by atoms with Crippen LogP contribution in [-0.2, 0) is 14.3 Å². The van der Waals surface area contributed by atoms with Crippen molar-refractivity contribution < 1.29 is 39.8 Å². The molecule has 62 heavy (non-hydrogen) atoms. The van der Waals surface area contributed by atoms with Crippen molar-refractivity contribution >= 4 is 5.91 Å². The molecule has 6 N–H and O–H groups in total. The van der Waals surface area contributed by atoms with Gasteiger partial charge in [0.15, 0.2) is 6.29 Å². The third kappa shape index (κ3) is 33.4. The number of hydrogen-bond donors (Lipinski definition) is 6. The Morgan fingerprint density at radius 1 is 0.532 bits per heavy atom. The standard InChI is InChI=1S/C53H103NO8/c1-3-5-7-9-11-13-15-16-17-18-19-20-21-22-23-24-25-26-27-28-29-30-31-33-34-36-38-40-42-47(56)46(45-61-53-52(60)51(59)50(58)48(44-55)62-53)54-49(57)43-41-39-37-35-32-14-12-10-8-6-4-2/h10,12,46-48,50-53,55-56,58-60H,3-9,11,13-45H2,1-2H3,(H,54,57)/b12-10-. The van der Waals surface area contributed by atoms with Crippen LogP contribution >= 0.6 is 0 Å². The number of ether oxygens (including phenoxy) is 2. The van der Waals surface area contributed by atoms with Gasteiger partial charge in [-0.3, -0.25) is 4.79 Å². The minimum Gasteiger partial charge on any atom is -0.394 e. The first-order valence-electron chi connectivity index (χ1n) is 26.9. The van der Waals surface area contributed by atoms with Gasteiger partial charge in [0.1, 0.15) is 24.4 Å². The minimum absolute atomic E-state index is 0.138. The topological polar surface area (TPSA) is 149 Å². The van der Waals surface area contributed by atoms with Gasteiger partial charge >= 0.3 is 0 Å². The molecule has 0 radical (unpaired) electrons. The molecule has 1 fully saturated rings. The Morgan fingerprint density at radius 3 is 1.35 bits per heavy atom. The molecule has 7 atom stereocenters. The van der Waals surface area contributed by atoms with Gasteiger partial charge in [0.05, 0.1) is 25.4 Å². The number of rotatable bonds is 46. The van der Waals surface area contributed by atoms with Gasteiger partial charge in [-0.2, -0.15) is 0 Å². The number of carbonyl (C=O) groups is 1. The molecule has 368 valence electrons. The summed E-state index contributed by atoms with van der Waals surface area (Å²) in [7, 11) is 0. The molecule has 1 amide bonds. The first-order chi connectivity index (χ1) is 30.3. The zero-order valence-electron chi connectivity index (χ0n) is 40.6. The van der Waals surface area contributed by atoms with E-state index in [-0.39, 0.29) is 12.5 Å². The highest BCUT2D eigenvalue weighted by Crippen LogP contribution is 2.23. The number of nitrogens with one attached hydrogen (secondary N) is 1. The Morgan fingerprint density at radius 2 is 0.919 bits per heavy atom. The molecule has 0 saturated carbocycles. The lowest BCUT2D eigenvalue weighted by atomic mass is 9.99. The van der Waals surface area contributed by atoms with E-state index in [2.05, 4.69) is 31.3 Å². The summed E-state index contributed by atoms with van der Waals surface area (Å²) in [6, 6.07) is -0.719. The van der Waals surface area contributed by atoms with E-state index < -0.39 is 49.5 Å². The van der Waals surface area contributed by atoms with E-state index in [1.807, 2.05) is 0 Å². The average Bonchev–Trinajstić information content (AvgIpc) is 3.27. The summed E-state index contributed by atoms with van der Waals surface area (Å²) in [4.78, 5) is 13.0. The molecule has 9 heteroatoms. The maximum atomic E-state index is 13.0. The minimum atomic E-state index is -1.55. The summed E-state index contributed by atoms with van der Waals surface area (Å²) in [5.41, 5.74) is 0. The van der Waals surface area contributed by atoms with Crippen molar-refractivity contribution in [3.05, 3.63) is 12.2 Å². The Kier molecular flexibility index (Phi) is 41.6. The van der Waals surface area contributed by atoms with Crippen molar-refractivity contribution in [3.8, 4) is 0 Å². The van der Waals surface area contributed by atoms with Gasteiger partial charge in [-0.05, 0) is 32.1 Å². The fraction of sp³-hybridized carbons (Fsp3) is 0.943. The van der Waals surface area contributed by atoms with Gasteiger partial charge in [-0.15, -0.1) is 0 Å². The van der Waals surface area contributed by atoms with E-state index in [1.165, 1.54) is 173 Å². The maximum Gasteiger partial charge on any atom is 0.220 e. The zero-order valence-corrected chi connectivity index (χ0v) is 40.6. The normalized spacial score (nSPS) is 20.3. The first-order valence-corrected chi connectivity index (χ1v) is 26.9. The fourth-order valence-corrected chi connectivity index (χ4v) is 8.79. The van der Waals surface area contributed by atoms with E-state index >= 15 is 0 Å². The molecule has 0 bridgehead atoms. The molecule has 1 saturated heterocycles. The van der Waals surface area contributed by atoms with Gasteiger partial charge in [0, 0.05) is 6.42 Å². The van der Waals surface area contributed by atoms with Crippen LogP contribution in [0, 0.1) is 0 Å². The number of aliphatic hydroxyl groups is 5. The predicted molar refractivity (Wildman–Crippen MR) is 258 cm³/mol. The number of carbonyl (C=O) groups excluding carboxylic acids is 1. The van der Waals surface area contributed by atoms with Crippen molar-refractivity contribution in [1.29, 1.82) is 0 Å². The quantitative estimate of drug-likeness (QED) is 0.0261. The summed E-state index contributed by atoms with van der Waals surface area (Å²) < 4.78 is 11.3. The summed E-state index contributed by atoms with van der Waals surface area (Å²) in [5.74, 6) is -0.152. The molecule has 1 aliphatic rings. The third-order valence-corrected chi connectivity index (χ3v) is 13.1. The van der Waals surface area contributed by atoms with Crippen LogP contribution in [0.15, 0.2) is 12.2 Å². The van der Waals surface area contributed by atoms with Crippen LogP contribution in [0.4, 0.5) is 0 Å². The smallest absolute Gasteiger partial charge is 0.220 e. The molecule has 0 aromatic rings. The molecule has 1 aliphatic heterocycles. The lowest BCUT2D eigenvalue weighted by Gasteiger charge is -2.40. The van der Waals surface area contributed by atoms with E-state index in [0.717, 1.165) is 64.2 Å². The zero-order chi connectivity index (χ0) is 45.1. The second kappa shape index (κ2) is 43.8. The van der Waals surface area contributed by atoms with E-state index in [4.69, 9.17) is 9.47 Å². The van der Waals surface area contributed by atoms with Crippen LogP contribution in [0.3, 0.4) is 0 Å². The number of hydrogen-bond acceptors (Lipinski definition) is 8. The fourth-order valence-electron chi connectivity index (χ4n) is 8.79. The van der Waals surface area contributed by atoms with Crippen molar-refractivity contribution in [1.82, 2.24) is 5.32 Å². The van der Waals surface area contributed by atoms with E-state index in [9.17, 15) is 30.3 Å². The SMILES string of the molecule is CCCC/C=C\CCCCCCCC(=O)NC(COC1OC(CO)C(O)C(O)C1O)C(O)CCCCCCCCCCCCCCCCCCCCCCCCCCCCCC. The monoisotopic (exact) mass is 882 g/mol. The van der Waals surface area contributed by atoms with Crippen molar-refractivity contribution in [2.24, 2.45) is 0 Å². The molecular weight excluding hydrogens is 779 g/mol. The third-order valence-electron chi connectivity index (χ3n) is 13.1. The number of amides is 1. The Balaban J connectivity index is 2.14. The Labute approximate surface area is 382 Å². The van der Waals surface area contributed by atoms with Crippen LogP contribution in [-0.4, -0.2) is 87.5 Å². The second-order valence-corrected chi connectivity index (χ2v) is 19.0. The highest BCUT2D eigenvalue weighted by molar-refractivity contribution is 5.76. The molecule has 0 aliphatic carbocycles. The second-order valence-electron chi connectivity index (χ2n) is 19.0. The number of allylic oxidation sites excluding steroid dienone is 2. The van der Waals surface area contributed by atoms with Gasteiger partial charge in [-0.25, -0.2) is 0 Å². The molecule has 0 aromatic heterocycles. The first kappa shape index (κ1) is 58.9. The maximum absolute atomic E-state index is 13.0. The lowest BCUT2D eigenvalue weighted by Crippen LogP contribution is -2.60. The molecule has 7 unspecified atom stereocenters. The summed E-state index contributed by atoms with van der Waals surface area (Å²) in [6.07, 6.45) is 45.4. The van der Waals surface area contributed by atoms with Gasteiger partial charge in [-0.1, -0.05) is 238 Å². The van der Waals surface area contributed by atoms with Crippen LogP contribution in [0.25, 0.3) is 0 Å². The average molecular weight is 882 g/mol. The summed E-state index contributed by atoms with van der Waals surface area (Å²) >= 11 is 0. The van der Waals surface area contributed by atoms with Crippen LogP contribution in [0.1, 0.15) is 264 Å². The van der Waals surface area contributed by atoms with Gasteiger partial charge in [0.25, 0.3) is 0 Å². The lowest BCUT2D eigenvalue weighted by molar-refractivity contribution is -0.302. The van der Waals surface area contributed by atoms with Crippen molar-refractivity contribution in [3.63, 3.8) is 0 Å².